The molecule has 0 saturated heterocycles. The molecule has 1 aliphatic heterocycles. The highest BCUT2D eigenvalue weighted by Crippen LogP contribution is 2.43. The highest BCUT2D eigenvalue weighted by atomic mass is 32.2. The van der Waals surface area contributed by atoms with Gasteiger partial charge in [0.15, 0.2) is 0 Å². The molecule has 1 aromatic carbocycles. The van der Waals surface area contributed by atoms with Crippen LogP contribution in [0.3, 0.4) is 0 Å². The lowest BCUT2D eigenvalue weighted by molar-refractivity contribution is -0.113. The Morgan fingerprint density at radius 1 is 1.43 bits per heavy atom. The van der Waals surface area contributed by atoms with Crippen LogP contribution in [-0.2, 0) is 4.79 Å². The Hall–Kier alpha value is -2.21. The fourth-order valence-electron chi connectivity index (χ4n) is 2.25. The zero-order valence-corrected chi connectivity index (χ0v) is 12.2. The number of rotatable bonds is 4. The summed E-state index contributed by atoms with van der Waals surface area (Å²) in [6.07, 6.45) is 3.47. The summed E-state index contributed by atoms with van der Waals surface area (Å²) in [5, 5.41) is 9.70. The summed E-state index contributed by atoms with van der Waals surface area (Å²) in [4.78, 5) is 11.8. The molecule has 5 nitrogen and oxygen atoms in total. The fraction of sp³-hybridized carbons (Fsp3) is 0.200. The maximum atomic E-state index is 11.8. The second-order valence-corrected chi connectivity index (χ2v) is 5.67. The summed E-state index contributed by atoms with van der Waals surface area (Å²) in [7, 11) is 0. The summed E-state index contributed by atoms with van der Waals surface area (Å²) in [6.45, 7) is 4.12. The van der Waals surface area contributed by atoms with Crippen LogP contribution in [0.4, 0.5) is 5.82 Å². The number of ether oxygens (including phenoxy) is 1. The highest BCUT2D eigenvalue weighted by Gasteiger charge is 2.27. The SMILES string of the molecule is C=CCOc1ccccc1[C@@H]1SCC(=O)Nc2[nH]ncc21. The molecular formula is C15H15N3O2S. The van der Waals surface area contributed by atoms with Crippen molar-refractivity contribution in [1.29, 1.82) is 0 Å². The van der Waals surface area contributed by atoms with Crippen LogP contribution >= 0.6 is 11.8 Å². The molecule has 0 unspecified atom stereocenters. The van der Waals surface area contributed by atoms with Gasteiger partial charge in [0.05, 0.1) is 17.2 Å². The first-order valence-electron chi connectivity index (χ1n) is 6.57. The fourth-order valence-corrected chi connectivity index (χ4v) is 3.38. The summed E-state index contributed by atoms with van der Waals surface area (Å²) in [5.41, 5.74) is 1.99. The van der Waals surface area contributed by atoms with Crippen molar-refractivity contribution < 1.29 is 9.53 Å². The van der Waals surface area contributed by atoms with Gasteiger partial charge in [0.2, 0.25) is 5.91 Å². The van der Waals surface area contributed by atoms with Crippen LogP contribution in [0.1, 0.15) is 16.4 Å². The number of carbonyl (C=O) groups is 1. The molecule has 0 aliphatic carbocycles. The molecule has 0 spiro atoms. The number of amides is 1. The Morgan fingerprint density at radius 2 is 2.29 bits per heavy atom. The van der Waals surface area contributed by atoms with E-state index in [-0.39, 0.29) is 11.2 Å². The van der Waals surface area contributed by atoms with Crippen molar-refractivity contribution in [2.75, 3.05) is 17.7 Å². The predicted octanol–water partition coefficient (Wildman–Crippen LogP) is 2.75. The van der Waals surface area contributed by atoms with Crippen molar-refractivity contribution in [1.82, 2.24) is 10.2 Å². The van der Waals surface area contributed by atoms with Crippen molar-refractivity contribution in [3.63, 3.8) is 0 Å². The van der Waals surface area contributed by atoms with Crippen molar-refractivity contribution >= 4 is 23.5 Å². The molecule has 0 bridgehead atoms. The topological polar surface area (TPSA) is 67.0 Å². The number of fused-ring (bicyclic) bond motifs is 1. The van der Waals surface area contributed by atoms with E-state index < -0.39 is 0 Å². The monoisotopic (exact) mass is 301 g/mol. The van der Waals surface area contributed by atoms with Crippen LogP contribution in [0.15, 0.2) is 43.1 Å². The second-order valence-electron chi connectivity index (χ2n) is 4.58. The molecule has 6 heteroatoms. The average molecular weight is 301 g/mol. The van der Waals surface area contributed by atoms with Gasteiger partial charge < -0.3 is 10.1 Å². The number of nitrogens with zero attached hydrogens (tertiary/aromatic N) is 1. The van der Waals surface area contributed by atoms with Crippen LogP contribution in [0.2, 0.25) is 0 Å². The van der Waals surface area contributed by atoms with Gasteiger partial charge in [-0.3, -0.25) is 9.89 Å². The minimum absolute atomic E-state index is 0.00119. The molecule has 3 rings (SSSR count). The van der Waals surface area contributed by atoms with Crippen LogP contribution in [0, 0.1) is 0 Å². The van der Waals surface area contributed by atoms with E-state index in [9.17, 15) is 4.79 Å². The molecular weight excluding hydrogens is 286 g/mol. The molecule has 0 fully saturated rings. The van der Waals surface area contributed by atoms with Crippen LogP contribution < -0.4 is 10.1 Å². The molecule has 2 N–H and O–H groups in total. The number of anilines is 1. The van der Waals surface area contributed by atoms with E-state index in [1.54, 1.807) is 24.0 Å². The highest BCUT2D eigenvalue weighted by molar-refractivity contribution is 8.00. The first kappa shape index (κ1) is 13.8. The Balaban J connectivity index is 2.00. The number of aromatic nitrogens is 2. The van der Waals surface area contributed by atoms with Crippen molar-refractivity contribution in [2.24, 2.45) is 0 Å². The Bertz CT molecular complexity index is 668. The van der Waals surface area contributed by atoms with E-state index in [0.29, 0.717) is 18.2 Å². The van der Waals surface area contributed by atoms with Crippen molar-refractivity contribution in [2.45, 2.75) is 5.25 Å². The lowest BCUT2D eigenvalue weighted by Gasteiger charge is -2.17. The van der Waals surface area contributed by atoms with Gasteiger partial charge in [-0.1, -0.05) is 30.9 Å². The number of H-pyrrole nitrogens is 1. The number of nitrogens with one attached hydrogen (secondary N) is 2. The van der Waals surface area contributed by atoms with Crippen LogP contribution in [0.5, 0.6) is 5.75 Å². The van der Waals surface area contributed by atoms with Gasteiger partial charge in [-0.2, -0.15) is 5.10 Å². The number of benzene rings is 1. The minimum Gasteiger partial charge on any atom is -0.489 e. The third kappa shape index (κ3) is 2.80. The van der Waals surface area contributed by atoms with Crippen molar-refractivity contribution in [3.05, 3.63) is 54.2 Å². The van der Waals surface area contributed by atoms with E-state index in [4.69, 9.17) is 4.74 Å². The standard InChI is InChI=1S/C15H15N3O2S/c1-2-7-20-12-6-4-3-5-10(12)14-11-8-16-18-15(11)17-13(19)9-21-14/h2-6,8,14H,1,7,9H2,(H2,16,17,18,19)/t14-/m0/s1. The van der Waals surface area contributed by atoms with E-state index >= 15 is 0 Å². The lowest BCUT2D eigenvalue weighted by Crippen LogP contribution is -2.12. The van der Waals surface area contributed by atoms with Crippen LogP contribution in [0.25, 0.3) is 0 Å². The van der Waals surface area contributed by atoms with Gasteiger partial charge in [-0.15, -0.1) is 11.8 Å². The van der Waals surface area contributed by atoms with Gasteiger partial charge in [0.25, 0.3) is 0 Å². The number of carbonyl (C=O) groups excluding carboxylic acids is 1. The molecule has 21 heavy (non-hydrogen) atoms. The number of thioether (sulfide) groups is 1. The zero-order valence-electron chi connectivity index (χ0n) is 11.3. The normalized spacial score (nSPS) is 17.5. The van der Waals surface area contributed by atoms with Crippen LogP contribution in [-0.4, -0.2) is 28.5 Å². The van der Waals surface area contributed by atoms with Gasteiger partial charge in [-0.25, -0.2) is 0 Å². The first-order chi connectivity index (χ1) is 10.3. The lowest BCUT2D eigenvalue weighted by atomic mass is 10.1. The molecule has 0 radical (unpaired) electrons. The zero-order chi connectivity index (χ0) is 14.7. The largest absolute Gasteiger partial charge is 0.489 e. The third-order valence-corrected chi connectivity index (χ3v) is 4.42. The van der Waals surface area contributed by atoms with E-state index in [0.717, 1.165) is 16.9 Å². The van der Waals surface area contributed by atoms with E-state index in [1.807, 2.05) is 24.3 Å². The first-order valence-corrected chi connectivity index (χ1v) is 7.62. The van der Waals surface area contributed by atoms with Gasteiger partial charge in [-0.05, 0) is 6.07 Å². The van der Waals surface area contributed by atoms with E-state index in [1.165, 1.54) is 0 Å². The Labute approximate surface area is 126 Å². The van der Waals surface area contributed by atoms with Gasteiger partial charge >= 0.3 is 0 Å². The summed E-state index contributed by atoms with van der Waals surface area (Å²) in [5.74, 6) is 1.82. The maximum Gasteiger partial charge on any atom is 0.235 e. The number of aromatic amines is 1. The molecule has 108 valence electrons. The molecule has 1 aromatic heterocycles. The minimum atomic E-state index is -0.0301. The molecule has 2 aromatic rings. The van der Waals surface area contributed by atoms with Gasteiger partial charge in [0.1, 0.15) is 18.2 Å². The smallest absolute Gasteiger partial charge is 0.235 e. The Kier molecular flexibility index (Phi) is 3.96. The molecule has 1 atom stereocenters. The summed E-state index contributed by atoms with van der Waals surface area (Å²) >= 11 is 1.56. The number of hydrogen-bond acceptors (Lipinski definition) is 4. The van der Waals surface area contributed by atoms with E-state index in [2.05, 4.69) is 22.1 Å². The quantitative estimate of drug-likeness (QED) is 0.852. The molecule has 2 heterocycles. The third-order valence-electron chi connectivity index (χ3n) is 3.15. The second kappa shape index (κ2) is 6.05. The molecule has 1 aliphatic rings. The molecule has 1 amide bonds. The number of hydrogen-bond donors (Lipinski definition) is 2. The Morgan fingerprint density at radius 3 is 3.14 bits per heavy atom. The van der Waals surface area contributed by atoms with Gasteiger partial charge in [0, 0.05) is 11.1 Å². The predicted molar refractivity (Wildman–Crippen MR) is 83.7 cm³/mol. The van der Waals surface area contributed by atoms with Crippen molar-refractivity contribution in [3.8, 4) is 5.75 Å². The summed E-state index contributed by atoms with van der Waals surface area (Å²) in [6, 6.07) is 7.85. The molecule has 0 saturated carbocycles. The maximum absolute atomic E-state index is 11.8. The summed E-state index contributed by atoms with van der Waals surface area (Å²) < 4.78 is 5.73. The number of para-hydroxylation sites is 1. The average Bonchev–Trinajstić information content (AvgIpc) is 2.88.